The van der Waals surface area contributed by atoms with Crippen molar-refractivity contribution >= 4 is 5.97 Å². The van der Waals surface area contributed by atoms with Crippen LogP contribution in [0.2, 0.25) is 0 Å². The molecule has 1 aromatic carbocycles. The van der Waals surface area contributed by atoms with Gasteiger partial charge in [0.1, 0.15) is 41.9 Å². The number of hydrogen-bond acceptors (Lipinski definition) is 5. The Bertz CT molecular complexity index is 890. The Morgan fingerprint density at radius 3 is 2.56 bits per heavy atom. The molecule has 0 radical (unpaired) electrons. The minimum Gasteiger partial charge on any atom is -0.490 e. The second kappa shape index (κ2) is 7.41. The van der Waals surface area contributed by atoms with Crippen LogP contribution in [0.5, 0.6) is 5.75 Å². The highest BCUT2D eigenvalue weighted by Gasteiger charge is 2.25. The van der Waals surface area contributed by atoms with Crippen molar-refractivity contribution in [1.29, 1.82) is 5.26 Å². The summed E-state index contributed by atoms with van der Waals surface area (Å²) in [5, 5.41) is 9.42. The second-order valence-electron chi connectivity index (χ2n) is 5.21. The van der Waals surface area contributed by atoms with Crippen molar-refractivity contribution in [2.75, 3.05) is 13.2 Å². The van der Waals surface area contributed by atoms with Gasteiger partial charge < -0.3 is 13.9 Å². The summed E-state index contributed by atoms with van der Waals surface area (Å²) in [4.78, 5) is 12.3. The molecule has 126 valence electrons. The van der Waals surface area contributed by atoms with Crippen molar-refractivity contribution in [3.8, 4) is 17.7 Å². The second-order valence-corrected chi connectivity index (χ2v) is 5.21. The van der Waals surface area contributed by atoms with Crippen molar-refractivity contribution in [2.24, 2.45) is 0 Å². The average molecular weight is 336 g/mol. The molecular formula is C19H16N2O4. The van der Waals surface area contributed by atoms with E-state index in [0.717, 1.165) is 0 Å². The normalized spacial score (nSPS) is 10.2. The predicted molar refractivity (Wildman–Crippen MR) is 89.7 cm³/mol. The highest BCUT2D eigenvalue weighted by atomic mass is 16.6. The molecule has 0 saturated carbocycles. The van der Waals surface area contributed by atoms with Crippen LogP contribution in [0.15, 0.2) is 59.3 Å². The molecule has 0 aliphatic rings. The van der Waals surface area contributed by atoms with Crippen LogP contribution in [-0.2, 0) is 4.74 Å². The fourth-order valence-electron chi connectivity index (χ4n) is 2.41. The number of rotatable bonds is 6. The van der Waals surface area contributed by atoms with Crippen LogP contribution >= 0.6 is 0 Å². The molecule has 0 saturated heterocycles. The van der Waals surface area contributed by atoms with Crippen molar-refractivity contribution in [2.45, 2.75) is 6.92 Å². The Kier molecular flexibility index (Phi) is 4.86. The van der Waals surface area contributed by atoms with Gasteiger partial charge in [-0.05, 0) is 31.2 Å². The van der Waals surface area contributed by atoms with Crippen molar-refractivity contribution in [1.82, 2.24) is 4.57 Å². The first-order chi connectivity index (χ1) is 12.2. The topological polar surface area (TPSA) is 77.4 Å². The first-order valence-electron chi connectivity index (χ1n) is 7.72. The molecule has 2 heterocycles. The largest absolute Gasteiger partial charge is 0.490 e. The first kappa shape index (κ1) is 16.4. The Morgan fingerprint density at radius 1 is 1.16 bits per heavy atom. The smallest absolute Gasteiger partial charge is 0.343 e. The quantitative estimate of drug-likeness (QED) is 0.509. The number of carbonyl (C=O) groups is 1. The van der Waals surface area contributed by atoms with Crippen LogP contribution in [-0.4, -0.2) is 23.8 Å². The van der Waals surface area contributed by atoms with Crippen molar-refractivity contribution in [3.63, 3.8) is 0 Å². The van der Waals surface area contributed by atoms with E-state index >= 15 is 0 Å². The maximum Gasteiger partial charge on any atom is 0.343 e. The van der Waals surface area contributed by atoms with Gasteiger partial charge in [-0.2, -0.15) is 5.26 Å². The third-order valence-corrected chi connectivity index (χ3v) is 3.55. The standard InChI is InChI=1S/C19H16N2O4/c1-14-17(16(13-20)18(25-14)21-9-5-6-10-21)19(22)24-12-11-23-15-7-3-2-4-8-15/h2-10H,11-12H2,1H3. The molecule has 0 N–H and O–H groups in total. The fraction of sp³-hybridized carbons (Fsp3) is 0.158. The Labute approximate surface area is 144 Å². The molecule has 0 amide bonds. The number of carbonyl (C=O) groups excluding carboxylic acids is 1. The van der Waals surface area contributed by atoms with Gasteiger partial charge in [0.25, 0.3) is 0 Å². The van der Waals surface area contributed by atoms with Gasteiger partial charge in [-0.3, -0.25) is 4.57 Å². The van der Waals surface area contributed by atoms with Crippen LogP contribution in [0.25, 0.3) is 5.88 Å². The van der Waals surface area contributed by atoms with E-state index in [4.69, 9.17) is 13.9 Å². The van der Waals surface area contributed by atoms with Gasteiger partial charge in [-0.1, -0.05) is 18.2 Å². The molecular weight excluding hydrogens is 320 g/mol. The molecule has 0 unspecified atom stereocenters. The molecule has 3 rings (SSSR count). The van der Waals surface area contributed by atoms with Gasteiger partial charge in [-0.25, -0.2) is 4.79 Å². The van der Waals surface area contributed by atoms with E-state index in [1.54, 1.807) is 36.0 Å². The number of nitrogens with zero attached hydrogens (tertiary/aromatic N) is 2. The number of benzene rings is 1. The minimum absolute atomic E-state index is 0.0715. The zero-order valence-corrected chi connectivity index (χ0v) is 13.6. The summed E-state index contributed by atoms with van der Waals surface area (Å²) in [6, 6.07) is 14.9. The Balaban J connectivity index is 1.67. The summed E-state index contributed by atoms with van der Waals surface area (Å²) in [5.74, 6) is 0.741. The highest BCUT2D eigenvalue weighted by molar-refractivity contribution is 5.94. The number of hydrogen-bond donors (Lipinski definition) is 0. The van der Waals surface area contributed by atoms with Gasteiger partial charge in [0.2, 0.25) is 5.88 Å². The zero-order chi connectivity index (χ0) is 17.6. The first-order valence-corrected chi connectivity index (χ1v) is 7.72. The molecule has 25 heavy (non-hydrogen) atoms. The molecule has 3 aromatic rings. The van der Waals surface area contributed by atoms with E-state index in [1.165, 1.54) is 0 Å². The molecule has 0 atom stereocenters. The summed E-state index contributed by atoms with van der Waals surface area (Å²) in [5.41, 5.74) is 0.300. The number of aromatic nitrogens is 1. The lowest BCUT2D eigenvalue weighted by atomic mass is 10.1. The number of furan rings is 1. The number of nitriles is 1. The zero-order valence-electron chi connectivity index (χ0n) is 13.6. The minimum atomic E-state index is -0.604. The Morgan fingerprint density at radius 2 is 1.88 bits per heavy atom. The van der Waals surface area contributed by atoms with E-state index in [2.05, 4.69) is 0 Å². The van der Waals surface area contributed by atoms with E-state index in [-0.39, 0.29) is 24.3 Å². The molecule has 2 aromatic heterocycles. The van der Waals surface area contributed by atoms with E-state index in [9.17, 15) is 10.1 Å². The third kappa shape index (κ3) is 3.56. The van der Waals surface area contributed by atoms with Gasteiger partial charge in [0.15, 0.2) is 0 Å². The monoisotopic (exact) mass is 336 g/mol. The number of aryl methyl sites for hydroxylation is 1. The fourth-order valence-corrected chi connectivity index (χ4v) is 2.41. The molecule has 0 bridgehead atoms. The van der Waals surface area contributed by atoms with E-state index in [0.29, 0.717) is 17.4 Å². The summed E-state index contributed by atoms with van der Waals surface area (Å²) >= 11 is 0. The molecule has 0 aliphatic carbocycles. The summed E-state index contributed by atoms with van der Waals surface area (Å²) in [7, 11) is 0. The number of esters is 1. The van der Waals surface area contributed by atoms with Crippen LogP contribution in [0.1, 0.15) is 21.7 Å². The van der Waals surface area contributed by atoms with Crippen LogP contribution in [0.4, 0.5) is 0 Å². The number of para-hydroxylation sites is 1. The van der Waals surface area contributed by atoms with E-state index in [1.807, 2.05) is 36.4 Å². The van der Waals surface area contributed by atoms with Gasteiger partial charge in [-0.15, -0.1) is 0 Å². The number of ether oxygens (including phenoxy) is 2. The molecule has 6 heteroatoms. The molecule has 0 spiro atoms. The SMILES string of the molecule is Cc1oc(-n2cccc2)c(C#N)c1C(=O)OCCOc1ccccc1. The highest BCUT2D eigenvalue weighted by Crippen LogP contribution is 2.26. The van der Waals surface area contributed by atoms with Gasteiger partial charge in [0.05, 0.1) is 0 Å². The molecule has 0 aliphatic heterocycles. The lowest BCUT2D eigenvalue weighted by Crippen LogP contribution is -2.13. The maximum atomic E-state index is 12.3. The average Bonchev–Trinajstić information content (AvgIpc) is 3.26. The maximum absolute atomic E-state index is 12.3. The van der Waals surface area contributed by atoms with Crippen LogP contribution in [0.3, 0.4) is 0 Å². The predicted octanol–water partition coefficient (Wildman–Crippen LogP) is 3.49. The summed E-state index contributed by atoms with van der Waals surface area (Å²) in [6.07, 6.45) is 3.48. The van der Waals surface area contributed by atoms with Crippen LogP contribution in [0, 0.1) is 18.3 Å². The summed E-state index contributed by atoms with van der Waals surface area (Å²) < 4.78 is 17.9. The third-order valence-electron chi connectivity index (χ3n) is 3.55. The molecule has 6 nitrogen and oxygen atoms in total. The lowest BCUT2D eigenvalue weighted by Gasteiger charge is -2.07. The Hall–Kier alpha value is -3.46. The van der Waals surface area contributed by atoms with Crippen molar-refractivity contribution in [3.05, 3.63) is 71.7 Å². The molecule has 0 fully saturated rings. The summed E-state index contributed by atoms with van der Waals surface area (Å²) in [6.45, 7) is 1.92. The van der Waals surface area contributed by atoms with Crippen molar-refractivity contribution < 1.29 is 18.7 Å². The van der Waals surface area contributed by atoms with Gasteiger partial charge in [0, 0.05) is 12.4 Å². The van der Waals surface area contributed by atoms with Crippen LogP contribution < -0.4 is 4.74 Å². The van der Waals surface area contributed by atoms with E-state index < -0.39 is 5.97 Å². The lowest BCUT2D eigenvalue weighted by molar-refractivity contribution is 0.0448. The van der Waals surface area contributed by atoms with Gasteiger partial charge >= 0.3 is 5.97 Å².